The summed E-state index contributed by atoms with van der Waals surface area (Å²) in [6.07, 6.45) is 3.67. The summed E-state index contributed by atoms with van der Waals surface area (Å²) in [4.78, 5) is 27.1. The van der Waals surface area contributed by atoms with E-state index >= 15 is 0 Å². The largest absolute Gasteiger partial charge is 0.354 e. The summed E-state index contributed by atoms with van der Waals surface area (Å²) in [6.45, 7) is 6.57. The molecule has 1 aliphatic rings. The van der Waals surface area contributed by atoms with Crippen LogP contribution < -0.4 is 5.32 Å². The molecule has 1 unspecified atom stereocenters. The lowest BCUT2D eigenvalue weighted by atomic mass is 9.97. The second-order valence-corrected chi connectivity index (χ2v) is 6.19. The van der Waals surface area contributed by atoms with Crippen LogP contribution in [0, 0.1) is 0 Å². The van der Waals surface area contributed by atoms with Crippen LogP contribution in [0.25, 0.3) is 0 Å². The summed E-state index contributed by atoms with van der Waals surface area (Å²) in [5.41, 5.74) is -0.735. The minimum absolute atomic E-state index is 0.0678. The molecule has 20 heavy (non-hydrogen) atoms. The van der Waals surface area contributed by atoms with Gasteiger partial charge in [0.2, 0.25) is 11.8 Å². The Bertz CT molecular complexity index is 498. The quantitative estimate of drug-likeness (QED) is 0.844. The van der Waals surface area contributed by atoms with Crippen LogP contribution in [0.2, 0.25) is 0 Å². The van der Waals surface area contributed by atoms with Crippen LogP contribution in [0.15, 0.2) is 30.2 Å². The number of hydrogen-bond donors (Lipinski definition) is 1. The number of rotatable bonds is 5. The molecule has 4 nitrogen and oxygen atoms in total. The van der Waals surface area contributed by atoms with Gasteiger partial charge in [0.1, 0.15) is 5.54 Å². The first-order chi connectivity index (χ1) is 9.58. The lowest BCUT2D eigenvalue weighted by molar-refractivity contribution is -0.140. The molecule has 5 heteroatoms. The Morgan fingerprint density at radius 3 is 3.05 bits per heavy atom. The van der Waals surface area contributed by atoms with Crippen LogP contribution in [-0.2, 0) is 16.0 Å². The normalized spacial score (nSPS) is 21.8. The lowest BCUT2D eigenvalue weighted by Crippen LogP contribution is -2.55. The molecule has 1 saturated heterocycles. The van der Waals surface area contributed by atoms with Crippen LogP contribution in [0.5, 0.6) is 0 Å². The molecule has 2 heterocycles. The SMILES string of the molecule is C=CC(=O)N1CCCC1(C)C(=O)NCCc1cccs1. The van der Waals surface area contributed by atoms with Gasteiger partial charge in [-0.15, -0.1) is 11.3 Å². The number of carbonyl (C=O) groups is 2. The van der Waals surface area contributed by atoms with Crippen molar-refractivity contribution in [2.24, 2.45) is 0 Å². The van der Waals surface area contributed by atoms with Crippen molar-refractivity contribution in [3.63, 3.8) is 0 Å². The van der Waals surface area contributed by atoms with E-state index in [2.05, 4.69) is 18.0 Å². The third-order valence-electron chi connectivity index (χ3n) is 3.81. The fourth-order valence-electron chi connectivity index (χ4n) is 2.61. The van der Waals surface area contributed by atoms with Gasteiger partial charge in [0.25, 0.3) is 0 Å². The van der Waals surface area contributed by atoms with E-state index in [4.69, 9.17) is 0 Å². The number of thiophene rings is 1. The van der Waals surface area contributed by atoms with Gasteiger partial charge in [-0.3, -0.25) is 9.59 Å². The fraction of sp³-hybridized carbons (Fsp3) is 0.467. The van der Waals surface area contributed by atoms with Gasteiger partial charge in [-0.1, -0.05) is 12.6 Å². The third-order valence-corrected chi connectivity index (χ3v) is 4.74. The molecule has 0 spiro atoms. The van der Waals surface area contributed by atoms with Gasteiger partial charge in [-0.05, 0) is 43.7 Å². The Hall–Kier alpha value is -1.62. The van der Waals surface area contributed by atoms with Crippen molar-refractivity contribution in [3.8, 4) is 0 Å². The van der Waals surface area contributed by atoms with Crippen LogP contribution in [-0.4, -0.2) is 35.3 Å². The summed E-state index contributed by atoms with van der Waals surface area (Å²) in [6, 6.07) is 4.06. The Morgan fingerprint density at radius 2 is 2.40 bits per heavy atom. The summed E-state index contributed by atoms with van der Waals surface area (Å²) in [5.74, 6) is -0.236. The van der Waals surface area contributed by atoms with E-state index in [-0.39, 0.29) is 11.8 Å². The first kappa shape index (κ1) is 14.8. The van der Waals surface area contributed by atoms with Crippen LogP contribution >= 0.6 is 11.3 Å². The molecule has 1 aromatic heterocycles. The smallest absolute Gasteiger partial charge is 0.246 e. The molecule has 0 radical (unpaired) electrons. The molecule has 1 aromatic rings. The van der Waals surface area contributed by atoms with Gasteiger partial charge in [0, 0.05) is 18.0 Å². The molecule has 0 saturated carbocycles. The van der Waals surface area contributed by atoms with Crippen molar-refractivity contribution in [2.45, 2.75) is 31.7 Å². The highest BCUT2D eigenvalue weighted by Gasteiger charge is 2.44. The minimum Gasteiger partial charge on any atom is -0.354 e. The van der Waals surface area contributed by atoms with Gasteiger partial charge >= 0.3 is 0 Å². The van der Waals surface area contributed by atoms with Crippen molar-refractivity contribution < 1.29 is 9.59 Å². The average Bonchev–Trinajstić information content (AvgIpc) is 3.08. The average molecular weight is 292 g/mol. The van der Waals surface area contributed by atoms with Gasteiger partial charge in [-0.2, -0.15) is 0 Å². The number of amides is 2. The predicted octanol–water partition coefficient (Wildman–Crippen LogP) is 1.97. The molecule has 1 aliphatic heterocycles. The molecule has 1 N–H and O–H groups in total. The second-order valence-electron chi connectivity index (χ2n) is 5.16. The predicted molar refractivity (Wildman–Crippen MR) is 80.6 cm³/mol. The number of hydrogen-bond acceptors (Lipinski definition) is 3. The van der Waals surface area contributed by atoms with Crippen LogP contribution in [0.3, 0.4) is 0 Å². The van der Waals surface area contributed by atoms with Crippen molar-refractivity contribution in [3.05, 3.63) is 35.0 Å². The molecule has 2 rings (SSSR count). The molecule has 1 fully saturated rings. The Morgan fingerprint density at radius 1 is 1.60 bits per heavy atom. The zero-order chi connectivity index (χ0) is 14.6. The van der Waals surface area contributed by atoms with Crippen LogP contribution in [0.4, 0.5) is 0 Å². The second kappa shape index (κ2) is 6.22. The summed E-state index contributed by atoms with van der Waals surface area (Å²) in [7, 11) is 0. The standard InChI is InChI=1S/C15H20N2O2S/c1-3-13(18)17-10-5-8-15(17,2)14(19)16-9-7-12-6-4-11-20-12/h3-4,6,11H,1,5,7-10H2,2H3,(H,16,19). The maximum atomic E-state index is 12.4. The summed E-state index contributed by atoms with van der Waals surface area (Å²) in [5, 5.41) is 4.98. The molecule has 2 amide bonds. The zero-order valence-electron chi connectivity index (χ0n) is 11.7. The zero-order valence-corrected chi connectivity index (χ0v) is 12.5. The van der Waals surface area contributed by atoms with E-state index in [1.165, 1.54) is 11.0 Å². The number of nitrogens with one attached hydrogen (secondary N) is 1. The summed E-state index contributed by atoms with van der Waals surface area (Å²) < 4.78 is 0. The van der Waals surface area contributed by atoms with E-state index in [0.717, 1.165) is 12.8 Å². The maximum absolute atomic E-state index is 12.4. The highest BCUT2D eigenvalue weighted by molar-refractivity contribution is 7.09. The van der Waals surface area contributed by atoms with Crippen molar-refractivity contribution >= 4 is 23.2 Å². The highest BCUT2D eigenvalue weighted by Crippen LogP contribution is 2.29. The van der Waals surface area contributed by atoms with Gasteiger partial charge in [-0.25, -0.2) is 0 Å². The molecule has 0 aliphatic carbocycles. The Labute approximate surface area is 123 Å². The van der Waals surface area contributed by atoms with Crippen molar-refractivity contribution in [1.29, 1.82) is 0 Å². The van der Waals surface area contributed by atoms with Crippen LogP contribution in [0.1, 0.15) is 24.6 Å². The minimum atomic E-state index is -0.735. The lowest BCUT2D eigenvalue weighted by Gasteiger charge is -2.33. The molecular formula is C15H20N2O2S. The molecule has 1 atom stereocenters. The highest BCUT2D eigenvalue weighted by atomic mass is 32.1. The fourth-order valence-corrected chi connectivity index (χ4v) is 3.32. The van der Waals surface area contributed by atoms with E-state index < -0.39 is 5.54 Å². The van der Waals surface area contributed by atoms with Gasteiger partial charge < -0.3 is 10.2 Å². The van der Waals surface area contributed by atoms with Gasteiger partial charge in [0.05, 0.1) is 0 Å². The number of carbonyl (C=O) groups excluding carboxylic acids is 2. The Balaban J connectivity index is 1.93. The molecule has 0 bridgehead atoms. The van der Waals surface area contributed by atoms with E-state index in [1.54, 1.807) is 16.2 Å². The van der Waals surface area contributed by atoms with E-state index in [1.807, 2.05) is 18.4 Å². The first-order valence-electron chi connectivity index (χ1n) is 6.82. The van der Waals surface area contributed by atoms with Gasteiger partial charge in [0.15, 0.2) is 0 Å². The third kappa shape index (κ3) is 2.93. The first-order valence-corrected chi connectivity index (χ1v) is 7.70. The topological polar surface area (TPSA) is 49.4 Å². The van der Waals surface area contributed by atoms with Crippen molar-refractivity contribution in [2.75, 3.05) is 13.1 Å². The van der Waals surface area contributed by atoms with Crippen molar-refractivity contribution in [1.82, 2.24) is 10.2 Å². The molecule has 0 aromatic carbocycles. The summed E-state index contributed by atoms with van der Waals surface area (Å²) >= 11 is 1.69. The number of likely N-dealkylation sites (tertiary alicyclic amines) is 1. The molecular weight excluding hydrogens is 272 g/mol. The monoisotopic (exact) mass is 292 g/mol. The maximum Gasteiger partial charge on any atom is 0.246 e. The van der Waals surface area contributed by atoms with E-state index in [0.29, 0.717) is 19.5 Å². The van der Waals surface area contributed by atoms with E-state index in [9.17, 15) is 9.59 Å². The Kier molecular flexibility index (Phi) is 4.60. The number of nitrogens with zero attached hydrogens (tertiary/aromatic N) is 1. The molecule has 108 valence electrons.